The Labute approximate surface area is 36.2 Å². The molecule has 0 radical (unpaired) electrons. The molecule has 0 bridgehead atoms. The van der Waals surface area contributed by atoms with E-state index >= 15 is 0 Å². The Morgan fingerprint density at radius 3 is 2.67 bits per heavy atom. The number of aliphatic imine (C=N–C) groups is 1. The molecule has 0 aliphatic heterocycles. The first-order valence-electron chi connectivity index (χ1n) is 1.58. The van der Waals surface area contributed by atoms with E-state index < -0.39 is 0 Å². The van der Waals surface area contributed by atoms with Gasteiger partial charge in [-0.25, -0.2) is 0 Å². The van der Waals surface area contributed by atoms with Crippen LogP contribution < -0.4 is 0 Å². The lowest BCUT2D eigenvalue weighted by atomic mass is 10.7. The van der Waals surface area contributed by atoms with E-state index in [1.807, 2.05) is 0 Å². The third kappa shape index (κ3) is 3.12. The van der Waals surface area contributed by atoms with Gasteiger partial charge in [0.1, 0.15) is 0 Å². The summed E-state index contributed by atoms with van der Waals surface area (Å²) in [7, 11) is 0. The number of allylic oxidation sites excluding steroid dienone is 1. The lowest BCUT2D eigenvalue weighted by molar-refractivity contribution is -0.106. The van der Waals surface area contributed by atoms with E-state index in [0.717, 1.165) is 0 Å². The largest absolute Gasteiger partial charge is 0.276 e. The quantitative estimate of drug-likeness (QED) is 0.333. The predicted octanol–water partition coefficient (Wildman–Crippen LogP) is 0.389. The molecule has 0 rings (SSSR count). The Kier molecular flexibility index (Phi) is 3.52. The standard InChI is InChI=1S/C4H5NO/c1-2-3-5-4-6/h2,4H,1H3. The maximum atomic E-state index is 9.31. The van der Waals surface area contributed by atoms with Gasteiger partial charge in [0.05, 0.1) is 0 Å². The Morgan fingerprint density at radius 1 is 1.83 bits per heavy atom. The van der Waals surface area contributed by atoms with Crippen molar-refractivity contribution in [2.24, 2.45) is 4.99 Å². The van der Waals surface area contributed by atoms with Crippen LogP contribution in [0, 0.1) is 0 Å². The molecule has 0 saturated heterocycles. The van der Waals surface area contributed by atoms with Crippen LogP contribution in [0.1, 0.15) is 6.92 Å². The third-order valence-corrected chi connectivity index (χ3v) is 0.256. The van der Waals surface area contributed by atoms with Gasteiger partial charge in [-0.1, -0.05) is 0 Å². The monoisotopic (exact) mass is 83.0 g/mol. The fourth-order valence-corrected chi connectivity index (χ4v) is 0.105. The number of amides is 1. The van der Waals surface area contributed by atoms with E-state index in [-0.39, 0.29) is 0 Å². The normalized spacial score (nSPS) is 5.50. The van der Waals surface area contributed by atoms with E-state index in [0.29, 0.717) is 6.41 Å². The summed E-state index contributed by atoms with van der Waals surface area (Å²) in [6.45, 7) is 1.74. The molecule has 0 N–H and O–H groups in total. The van der Waals surface area contributed by atoms with Crippen molar-refractivity contribution in [3.05, 3.63) is 6.08 Å². The van der Waals surface area contributed by atoms with Gasteiger partial charge in [-0.05, 0) is 18.9 Å². The minimum atomic E-state index is 0.444. The smallest absolute Gasteiger partial charge is 0.240 e. The maximum absolute atomic E-state index is 9.31. The summed E-state index contributed by atoms with van der Waals surface area (Å²) in [5.41, 5.74) is 0. The van der Waals surface area contributed by atoms with E-state index in [9.17, 15) is 4.79 Å². The molecule has 0 saturated carbocycles. The molecule has 0 atom stereocenters. The number of carbonyl (C=O) groups excluding carboxylic acids is 1. The van der Waals surface area contributed by atoms with Crippen LogP contribution in [0.25, 0.3) is 0 Å². The number of hydrogen-bond donors (Lipinski definition) is 0. The summed E-state index contributed by atoms with van der Waals surface area (Å²) in [6.07, 6.45) is 2.01. The van der Waals surface area contributed by atoms with E-state index in [2.05, 4.69) is 10.9 Å². The highest BCUT2D eigenvalue weighted by molar-refractivity contribution is 5.64. The second-order valence-corrected chi connectivity index (χ2v) is 0.652. The van der Waals surface area contributed by atoms with E-state index in [1.54, 1.807) is 13.0 Å². The molecule has 32 valence electrons. The molecule has 0 spiro atoms. The SMILES string of the molecule is CC=C=NC=O. The van der Waals surface area contributed by atoms with Crippen LogP contribution >= 0.6 is 0 Å². The van der Waals surface area contributed by atoms with Crippen LogP contribution in [0.5, 0.6) is 0 Å². The number of hydrogen-bond acceptors (Lipinski definition) is 1. The summed E-state index contributed by atoms with van der Waals surface area (Å²) in [5, 5.41) is 0. The first kappa shape index (κ1) is 5.12. The fourth-order valence-electron chi connectivity index (χ4n) is 0.105. The average molecular weight is 83.1 g/mol. The van der Waals surface area contributed by atoms with Crippen molar-refractivity contribution in [1.29, 1.82) is 0 Å². The fraction of sp³-hybridized carbons (Fsp3) is 0.250. The molecule has 0 aromatic heterocycles. The van der Waals surface area contributed by atoms with E-state index in [1.165, 1.54) is 0 Å². The lowest BCUT2D eigenvalue weighted by Crippen LogP contribution is -1.54. The molecular weight excluding hydrogens is 78.0 g/mol. The van der Waals surface area contributed by atoms with Crippen molar-refractivity contribution in [3.63, 3.8) is 0 Å². The van der Waals surface area contributed by atoms with E-state index in [4.69, 9.17) is 0 Å². The summed E-state index contributed by atoms with van der Waals surface area (Å²) in [6, 6.07) is 0. The van der Waals surface area contributed by atoms with Crippen LogP contribution in [0.2, 0.25) is 0 Å². The molecule has 2 heteroatoms. The molecule has 0 aliphatic carbocycles. The Morgan fingerprint density at radius 2 is 2.50 bits per heavy atom. The van der Waals surface area contributed by atoms with Crippen molar-refractivity contribution in [2.75, 3.05) is 0 Å². The van der Waals surface area contributed by atoms with Gasteiger partial charge in [0.25, 0.3) is 0 Å². The first-order valence-corrected chi connectivity index (χ1v) is 1.58. The summed E-state index contributed by atoms with van der Waals surface area (Å²) >= 11 is 0. The molecular formula is C4H5NO. The van der Waals surface area contributed by atoms with Gasteiger partial charge in [0.15, 0.2) is 0 Å². The van der Waals surface area contributed by atoms with Gasteiger partial charge < -0.3 is 0 Å². The Balaban J connectivity index is 3.46. The molecule has 0 fully saturated rings. The van der Waals surface area contributed by atoms with Crippen LogP contribution in [0.3, 0.4) is 0 Å². The van der Waals surface area contributed by atoms with Gasteiger partial charge in [-0.2, -0.15) is 4.99 Å². The number of nitrogens with zero attached hydrogens (tertiary/aromatic N) is 1. The molecule has 6 heavy (non-hydrogen) atoms. The highest BCUT2D eigenvalue weighted by atomic mass is 16.1. The highest BCUT2D eigenvalue weighted by Gasteiger charge is 1.47. The van der Waals surface area contributed by atoms with Crippen molar-refractivity contribution in [3.8, 4) is 0 Å². The number of rotatable bonds is 1. The van der Waals surface area contributed by atoms with Crippen molar-refractivity contribution in [1.82, 2.24) is 0 Å². The minimum Gasteiger partial charge on any atom is -0.276 e. The predicted molar refractivity (Wildman–Crippen MR) is 23.7 cm³/mol. The van der Waals surface area contributed by atoms with Crippen LogP contribution in [-0.2, 0) is 4.79 Å². The van der Waals surface area contributed by atoms with Crippen LogP contribution in [-0.4, -0.2) is 12.3 Å². The minimum absolute atomic E-state index is 0.444. The zero-order valence-electron chi connectivity index (χ0n) is 3.51. The maximum Gasteiger partial charge on any atom is 0.240 e. The summed E-state index contributed by atoms with van der Waals surface area (Å²) in [4.78, 5) is 12.4. The third-order valence-electron chi connectivity index (χ3n) is 0.256. The van der Waals surface area contributed by atoms with Gasteiger partial charge in [0, 0.05) is 0 Å². The van der Waals surface area contributed by atoms with Crippen LogP contribution in [0.4, 0.5) is 0 Å². The topological polar surface area (TPSA) is 29.4 Å². The second-order valence-electron chi connectivity index (χ2n) is 0.652. The molecule has 0 unspecified atom stereocenters. The first-order chi connectivity index (χ1) is 2.91. The van der Waals surface area contributed by atoms with Crippen molar-refractivity contribution < 1.29 is 4.79 Å². The van der Waals surface area contributed by atoms with Crippen molar-refractivity contribution in [2.45, 2.75) is 6.92 Å². The molecule has 2 nitrogen and oxygen atoms in total. The highest BCUT2D eigenvalue weighted by Crippen LogP contribution is 1.47. The van der Waals surface area contributed by atoms with Crippen molar-refractivity contribution >= 4 is 12.3 Å². The number of carbonyl (C=O) groups is 1. The molecule has 0 aromatic carbocycles. The summed E-state index contributed by atoms with van der Waals surface area (Å²) in [5.74, 6) is 2.33. The van der Waals surface area contributed by atoms with Gasteiger partial charge in [-0.15, -0.1) is 0 Å². The van der Waals surface area contributed by atoms with Crippen LogP contribution in [0.15, 0.2) is 11.1 Å². The zero-order valence-corrected chi connectivity index (χ0v) is 3.51. The van der Waals surface area contributed by atoms with Gasteiger partial charge in [-0.3, -0.25) is 4.79 Å². The molecule has 0 aromatic rings. The zero-order chi connectivity index (χ0) is 4.83. The molecule has 0 aliphatic rings. The van der Waals surface area contributed by atoms with Gasteiger partial charge in [0.2, 0.25) is 6.41 Å². The Bertz CT molecular complexity index is 89.7. The Hall–Kier alpha value is -0.880. The lowest BCUT2D eigenvalue weighted by Gasteiger charge is -1.50. The second kappa shape index (κ2) is 4.12. The van der Waals surface area contributed by atoms with Gasteiger partial charge >= 0.3 is 0 Å². The molecule has 0 heterocycles. The average Bonchev–Trinajstić information content (AvgIpc) is 1.61. The summed E-state index contributed by atoms with van der Waals surface area (Å²) < 4.78 is 0. The molecule has 1 amide bonds.